The van der Waals surface area contributed by atoms with Crippen LogP contribution < -0.4 is 0 Å². The number of nitrogens with zero attached hydrogens (tertiary/aromatic N) is 2. The molecule has 0 spiro atoms. The van der Waals surface area contributed by atoms with E-state index in [1.54, 1.807) is 0 Å². The van der Waals surface area contributed by atoms with Gasteiger partial charge in [0.05, 0.1) is 24.4 Å². The Balaban J connectivity index is 1.26. The minimum atomic E-state index is -0.301. The van der Waals surface area contributed by atoms with Crippen LogP contribution in [0.25, 0.3) is 0 Å². The Morgan fingerprint density at radius 1 is 1.12 bits per heavy atom. The highest BCUT2D eigenvalue weighted by Crippen LogP contribution is 2.65. The van der Waals surface area contributed by atoms with Crippen LogP contribution in [0.3, 0.4) is 0 Å². The minimum Gasteiger partial charge on any atom is -0.391 e. The summed E-state index contributed by atoms with van der Waals surface area (Å²) in [5.74, 6) is 12.2. The van der Waals surface area contributed by atoms with E-state index in [4.69, 9.17) is 0 Å². The van der Waals surface area contributed by atoms with Crippen LogP contribution in [-0.4, -0.2) is 21.0 Å². The first-order valence-electron chi connectivity index (χ1n) is 13.7. The molecule has 0 radical (unpaired) electrons. The van der Waals surface area contributed by atoms with E-state index in [-0.39, 0.29) is 6.10 Å². The van der Waals surface area contributed by atoms with Crippen molar-refractivity contribution in [1.82, 2.24) is 9.78 Å². The number of hydrogen-bond acceptors (Lipinski definition) is 2. The summed E-state index contributed by atoms with van der Waals surface area (Å²) in [6, 6.07) is 0. The third kappa shape index (κ3) is 3.96. The molecular formula is C29H44N2O. The quantitative estimate of drug-likeness (QED) is 0.550. The number of hydrogen-bond donors (Lipinski definition) is 1. The zero-order valence-electron chi connectivity index (χ0n) is 20.6. The largest absolute Gasteiger partial charge is 0.391 e. The summed E-state index contributed by atoms with van der Waals surface area (Å²) in [6.45, 7) is 7.36. The molecule has 0 saturated heterocycles. The van der Waals surface area contributed by atoms with Gasteiger partial charge in [0.1, 0.15) is 0 Å². The molecule has 9 unspecified atom stereocenters. The fourth-order valence-corrected chi connectivity index (χ4v) is 9.28. The van der Waals surface area contributed by atoms with Gasteiger partial charge in [-0.15, -0.1) is 5.92 Å². The van der Waals surface area contributed by atoms with E-state index < -0.39 is 0 Å². The second kappa shape index (κ2) is 9.17. The second-order valence-electron chi connectivity index (χ2n) is 12.0. The lowest BCUT2D eigenvalue weighted by Gasteiger charge is -2.56. The molecule has 4 fully saturated rings. The van der Waals surface area contributed by atoms with E-state index in [1.165, 1.54) is 70.6 Å². The number of fused-ring (bicyclic) bond motifs is 5. The van der Waals surface area contributed by atoms with Crippen molar-refractivity contribution in [2.24, 2.45) is 46.8 Å². The summed E-state index contributed by atoms with van der Waals surface area (Å²) in [4.78, 5) is 0. The van der Waals surface area contributed by atoms with Gasteiger partial charge < -0.3 is 5.11 Å². The molecule has 1 aromatic rings. The van der Waals surface area contributed by atoms with Gasteiger partial charge in [-0.25, -0.2) is 0 Å². The SMILES string of the molecule is CC#Cc1cnn(CC(O)C2CCC3C4CCC5CC(CCC)CCC5C4CCC23C)c1. The Bertz CT molecular complexity index is 849. The van der Waals surface area contributed by atoms with Crippen molar-refractivity contribution in [1.29, 1.82) is 0 Å². The summed E-state index contributed by atoms with van der Waals surface area (Å²) >= 11 is 0. The zero-order chi connectivity index (χ0) is 22.3. The van der Waals surface area contributed by atoms with Gasteiger partial charge in [-0.05, 0) is 105 Å². The number of rotatable bonds is 5. The lowest BCUT2D eigenvalue weighted by Crippen LogP contribution is -2.50. The van der Waals surface area contributed by atoms with Gasteiger partial charge >= 0.3 is 0 Å². The molecule has 0 amide bonds. The Morgan fingerprint density at radius 3 is 2.78 bits per heavy atom. The van der Waals surface area contributed by atoms with Crippen LogP contribution in [0.5, 0.6) is 0 Å². The molecular weight excluding hydrogens is 392 g/mol. The molecule has 3 nitrogen and oxygen atoms in total. The van der Waals surface area contributed by atoms with Crippen molar-refractivity contribution in [3.05, 3.63) is 18.0 Å². The van der Waals surface area contributed by atoms with Gasteiger partial charge in [-0.2, -0.15) is 5.10 Å². The van der Waals surface area contributed by atoms with E-state index in [0.717, 1.165) is 41.1 Å². The molecule has 1 heterocycles. The summed E-state index contributed by atoms with van der Waals surface area (Å²) in [6.07, 6.45) is 19.1. The van der Waals surface area contributed by atoms with E-state index >= 15 is 0 Å². The van der Waals surface area contributed by atoms with Crippen molar-refractivity contribution in [3.63, 3.8) is 0 Å². The van der Waals surface area contributed by atoms with Gasteiger partial charge in [-0.1, -0.05) is 39.0 Å². The standard InChI is InChI=1S/C29H44N2O/c1-4-6-20-8-10-23-22(16-20)9-11-25-24(23)14-15-29(3)26(25)12-13-27(29)28(32)19-31-18-21(7-5-2)17-30-31/h17-18,20,22-28,32H,4,6,8-16,19H2,1-3H3. The normalized spacial score (nSPS) is 41.7. The Labute approximate surface area is 195 Å². The fraction of sp³-hybridized carbons (Fsp3) is 0.828. The van der Waals surface area contributed by atoms with Gasteiger partial charge in [0.25, 0.3) is 0 Å². The van der Waals surface area contributed by atoms with Gasteiger partial charge in [0, 0.05) is 6.20 Å². The van der Waals surface area contributed by atoms with Crippen LogP contribution in [0.15, 0.2) is 12.4 Å². The third-order valence-corrected chi connectivity index (χ3v) is 10.6. The molecule has 9 atom stereocenters. The highest BCUT2D eigenvalue weighted by molar-refractivity contribution is 5.28. The highest BCUT2D eigenvalue weighted by Gasteiger charge is 2.58. The molecule has 0 aliphatic heterocycles. The first-order chi connectivity index (χ1) is 15.5. The molecule has 0 bridgehead atoms. The average molecular weight is 437 g/mol. The van der Waals surface area contributed by atoms with E-state index in [0.29, 0.717) is 17.9 Å². The van der Waals surface area contributed by atoms with Crippen LogP contribution in [0.4, 0.5) is 0 Å². The molecule has 4 aliphatic carbocycles. The molecule has 5 rings (SSSR count). The van der Waals surface area contributed by atoms with E-state index in [9.17, 15) is 5.11 Å². The summed E-state index contributed by atoms with van der Waals surface area (Å²) < 4.78 is 1.91. The number of aliphatic hydroxyl groups excluding tert-OH is 1. The van der Waals surface area contributed by atoms with Crippen molar-refractivity contribution in [2.75, 3.05) is 0 Å². The second-order valence-corrected chi connectivity index (χ2v) is 12.0. The van der Waals surface area contributed by atoms with Crippen LogP contribution in [0.2, 0.25) is 0 Å². The molecule has 0 aromatic carbocycles. The maximum Gasteiger partial charge on any atom is 0.0769 e. The first-order valence-corrected chi connectivity index (χ1v) is 13.7. The first kappa shape index (κ1) is 22.5. The van der Waals surface area contributed by atoms with Crippen LogP contribution in [-0.2, 0) is 6.54 Å². The molecule has 32 heavy (non-hydrogen) atoms. The fourth-order valence-electron chi connectivity index (χ4n) is 9.28. The predicted molar refractivity (Wildman–Crippen MR) is 130 cm³/mol. The molecule has 1 N–H and O–H groups in total. The highest BCUT2D eigenvalue weighted by atomic mass is 16.3. The lowest BCUT2D eigenvalue weighted by molar-refractivity contribution is -0.0865. The average Bonchev–Trinajstić information content (AvgIpc) is 3.37. The lowest BCUT2D eigenvalue weighted by atomic mass is 9.49. The Hall–Kier alpha value is -1.27. The van der Waals surface area contributed by atoms with Crippen molar-refractivity contribution >= 4 is 0 Å². The van der Waals surface area contributed by atoms with Gasteiger partial charge in [0.15, 0.2) is 0 Å². The molecule has 3 heteroatoms. The monoisotopic (exact) mass is 436 g/mol. The van der Waals surface area contributed by atoms with E-state index in [2.05, 4.69) is 30.8 Å². The molecule has 1 aromatic heterocycles. The third-order valence-electron chi connectivity index (χ3n) is 10.6. The number of aromatic nitrogens is 2. The predicted octanol–water partition coefficient (Wildman–Crippen LogP) is 6.30. The molecule has 4 saturated carbocycles. The number of aliphatic hydroxyl groups is 1. The van der Waals surface area contributed by atoms with Crippen molar-refractivity contribution < 1.29 is 5.11 Å². The van der Waals surface area contributed by atoms with Crippen LogP contribution in [0.1, 0.15) is 97.0 Å². The van der Waals surface area contributed by atoms with Crippen LogP contribution >= 0.6 is 0 Å². The van der Waals surface area contributed by atoms with Gasteiger partial charge in [-0.3, -0.25) is 4.68 Å². The zero-order valence-corrected chi connectivity index (χ0v) is 20.6. The van der Waals surface area contributed by atoms with Crippen molar-refractivity contribution in [2.45, 2.75) is 104 Å². The summed E-state index contributed by atoms with van der Waals surface area (Å²) in [5.41, 5.74) is 1.26. The molecule has 176 valence electrons. The maximum atomic E-state index is 11.3. The minimum absolute atomic E-state index is 0.301. The smallest absolute Gasteiger partial charge is 0.0769 e. The van der Waals surface area contributed by atoms with Crippen LogP contribution in [0, 0.1) is 58.7 Å². The maximum absolute atomic E-state index is 11.3. The van der Waals surface area contributed by atoms with Gasteiger partial charge in [0.2, 0.25) is 0 Å². The summed E-state index contributed by atoms with van der Waals surface area (Å²) in [7, 11) is 0. The molecule has 4 aliphatic rings. The Morgan fingerprint density at radius 2 is 1.97 bits per heavy atom. The topological polar surface area (TPSA) is 38.0 Å². The Kier molecular flexibility index (Phi) is 6.45. The van der Waals surface area contributed by atoms with E-state index in [1.807, 2.05) is 24.0 Å². The summed E-state index contributed by atoms with van der Waals surface area (Å²) in [5, 5.41) is 15.8. The van der Waals surface area contributed by atoms with Crippen molar-refractivity contribution in [3.8, 4) is 11.8 Å².